The first-order valence-corrected chi connectivity index (χ1v) is 5.30. The van der Waals surface area contributed by atoms with Gasteiger partial charge in [0.1, 0.15) is 5.82 Å². The molecule has 0 aliphatic rings. The van der Waals surface area contributed by atoms with E-state index in [0.717, 1.165) is 11.1 Å². The molecule has 3 heteroatoms. The lowest BCUT2D eigenvalue weighted by molar-refractivity contribution is 0.101. The summed E-state index contributed by atoms with van der Waals surface area (Å²) in [6, 6.07) is 6.24. The van der Waals surface area contributed by atoms with E-state index in [2.05, 4.69) is 4.98 Å². The molecule has 1 heterocycles. The van der Waals surface area contributed by atoms with Gasteiger partial charge >= 0.3 is 0 Å². The molecule has 2 nitrogen and oxygen atoms in total. The molecule has 0 radical (unpaired) electrons. The highest BCUT2D eigenvalue weighted by molar-refractivity contribution is 5.95. The van der Waals surface area contributed by atoms with Gasteiger partial charge in [-0.2, -0.15) is 0 Å². The van der Waals surface area contributed by atoms with E-state index in [1.807, 2.05) is 13.0 Å². The van der Waals surface area contributed by atoms with Crippen molar-refractivity contribution >= 4 is 5.78 Å². The quantitative estimate of drug-likeness (QED) is 0.739. The Morgan fingerprint density at radius 3 is 2.53 bits per heavy atom. The Morgan fingerprint density at radius 2 is 1.88 bits per heavy atom. The van der Waals surface area contributed by atoms with Crippen LogP contribution in [-0.2, 0) is 0 Å². The van der Waals surface area contributed by atoms with Crippen molar-refractivity contribution in [2.45, 2.75) is 13.8 Å². The maximum atomic E-state index is 13.4. The molecule has 0 unspecified atom stereocenters. The van der Waals surface area contributed by atoms with Crippen LogP contribution in [0.4, 0.5) is 4.39 Å². The number of carbonyl (C=O) groups excluding carboxylic acids is 1. The summed E-state index contributed by atoms with van der Waals surface area (Å²) >= 11 is 0. The molecule has 2 aromatic rings. The van der Waals surface area contributed by atoms with E-state index in [-0.39, 0.29) is 5.78 Å². The first-order chi connectivity index (χ1) is 8.06. The molecule has 0 amide bonds. The lowest BCUT2D eigenvalue weighted by atomic mass is 10.0. The molecule has 0 saturated heterocycles. The highest BCUT2D eigenvalue weighted by Crippen LogP contribution is 2.22. The average Bonchev–Trinajstić information content (AvgIpc) is 2.28. The number of pyridine rings is 1. The van der Waals surface area contributed by atoms with E-state index in [9.17, 15) is 9.18 Å². The number of ketones is 1. The van der Waals surface area contributed by atoms with Crippen LogP contribution in [0.1, 0.15) is 22.8 Å². The van der Waals surface area contributed by atoms with E-state index in [1.54, 1.807) is 18.5 Å². The minimum Gasteiger partial charge on any atom is -0.295 e. The van der Waals surface area contributed by atoms with Crippen molar-refractivity contribution in [2.24, 2.45) is 0 Å². The van der Waals surface area contributed by atoms with Gasteiger partial charge in [-0.15, -0.1) is 0 Å². The molecule has 86 valence electrons. The molecule has 17 heavy (non-hydrogen) atoms. The Kier molecular flexibility index (Phi) is 3.00. The van der Waals surface area contributed by atoms with E-state index in [4.69, 9.17) is 0 Å². The number of benzene rings is 1. The van der Waals surface area contributed by atoms with E-state index in [0.29, 0.717) is 11.1 Å². The third-order valence-electron chi connectivity index (χ3n) is 2.51. The van der Waals surface area contributed by atoms with Crippen molar-refractivity contribution in [3.8, 4) is 11.1 Å². The molecule has 1 aromatic carbocycles. The summed E-state index contributed by atoms with van der Waals surface area (Å²) in [6.07, 6.45) is 3.39. The summed E-state index contributed by atoms with van der Waals surface area (Å²) in [5.74, 6) is -0.555. The van der Waals surface area contributed by atoms with Gasteiger partial charge in [0, 0.05) is 23.5 Å². The Bertz CT molecular complexity index is 578. The molecule has 2 rings (SSSR count). The van der Waals surface area contributed by atoms with Crippen molar-refractivity contribution in [3.63, 3.8) is 0 Å². The third-order valence-corrected chi connectivity index (χ3v) is 2.51. The lowest BCUT2D eigenvalue weighted by Gasteiger charge is -2.05. The number of aryl methyl sites for hydroxylation is 1. The molecule has 0 saturated carbocycles. The fourth-order valence-corrected chi connectivity index (χ4v) is 1.67. The van der Waals surface area contributed by atoms with Gasteiger partial charge in [-0.3, -0.25) is 9.78 Å². The minimum atomic E-state index is -0.408. The highest BCUT2D eigenvalue weighted by atomic mass is 19.1. The van der Waals surface area contributed by atoms with E-state index in [1.165, 1.54) is 19.1 Å². The van der Waals surface area contributed by atoms with Crippen LogP contribution in [0, 0.1) is 12.7 Å². The van der Waals surface area contributed by atoms with Crippen LogP contribution in [0.5, 0.6) is 0 Å². The van der Waals surface area contributed by atoms with Crippen molar-refractivity contribution in [1.82, 2.24) is 4.98 Å². The van der Waals surface area contributed by atoms with Crippen LogP contribution in [0.15, 0.2) is 36.7 Å². The Hall–Kier alpha value is -2.03. The molecule has 0 aliphatic heterocycles. The summed E-state index contributed by atoms with van der Waals surface area (Å²) in [5, 5.41) is 0. The zero-order valence-corrected chi connectivity index (χ0v) is 9.70. The largest absolute Gasteiger partial charge is 0.295 e. The number of halogens is 1. The van der Waals surface area contributed by atoms with Crippen LogP contribution in [-0.4, -0.2) is 10.8 Å². The molecular weight excluding hydrogens is 217 g/mol. The van der Waals surface area contributed by atoms with Crippen molar-refractivity contribution < 1.29 is 9.18 Å². The van der Waals surface area contributed by atoms with Crippen molar-refractivity contribution in [2.75, 3.05) is 0 Å². The Labute approximate surface area is 99.1 Å². The van der Waals surface area contributed by atoms with E-state index < -0.39 is 5.82 Å². The number of Topliss-reactive ketones (excluding diaryl/α,β-unsaturated/α-hetero) is 1. The van der Waals surface area contributed by atoms with Crippen LogP contribution in [0.25, 0.3) is 11.1 Å². The average molecular weight is 229 g/mol. The van der Waals surface area contributed by atoms with Gasteiger partial charge in [0.2, 0.25) is 0 Å². The van der Waals surface area contributed by atoms with Gasteiger partial charge in [-0.25, -0.2) is 4.39 Å². The maximum absolute atomic E-state index is 13.4. The first kappa shape index (κ1) is 11.5. The van der Waals surface area contributed by atoms with Crippen molar-refractivity contribution in [1.29, 1.82) is 0 Å². The molecule has 1 aromatic heterocycles. The summed E-state index contributed by atoms with van der Waals surface area (Å²) in [7, 11) is 0. The van der Waals surface area contributed by atoms with Crippen molar-refractivity contribution in [3.05, 3.63) is 53.6 Å². The SMILES string of the molecule is CC(=O)c1cc(F)cc(-c2cncc(C)c2)c1. The number of aromatic nitrogens is 1. The van der Waals surface area contributed by atoms with Crippen LogP contribution < -0.4 is 0 Å². The van der Waals surface area contributed by atoms with Crippen LogP contribution >= 0.6 is 0 Å². The monoisotopic (exact) mass is 229 g/mol. The summed E-state index contributed by atoms with van der Waals surface area (Å²) in [4.78, 5) is 15.3. The molecule has 0 fully saturated rings. The predicted molar refractivity (Wildman–Crippen MR) is 64.4 cm³/mol. The molecule has 0 spiro atoms. The zero-order valence-electron chi connectivity index (χ0n) is 9.70. The predicted octanol–water partition coefficient (Wildman–Crippen LogP) is 3.40. The van der Waals surface area contributed by atoms with E-state index >= 15 is 0 Å². The molecule has 0 bridgehead atoms. The summed E-state index contributed by atoms with van der Waals surface area (Å²) in [5.41, 5.74) is 2.86. The fourth-order valence-electron chi connectivity index (χ4n) is 1.67. The van der Waals surface area contributed by atoms with Gasteiger partial charge in [-0.1, -0.05) is 0 Å². The van der Waals surface area contributed by atoms with Gasteiger partial charge in [0.15, 0.2) is 5.78 Å². The number of hydrogen-bond donors (Lipinski definition) is 0. The van der Waals surface area contributed by atoms with Gasteiger partial charge < -0.3 is 0 Å². The Morgan fingerprint density at radius 1 is 1.12 bits per heavy atom. The van der Waals surface area contributed by atoms with Crippen LogP contribution in [0.3, 0.4) is 0 Å². The summed E-state index contributed by atoms with van der Waals surface area (Å²) in [6.45, 7) is 3.34. The van der Waals surface area contributed by atoms with Gasteiger partial charge in [0.25, 0.3) is 0 Å². The minimum absolute atomic E-state index is 0.147. The third kappa shape index (κ3) is 2.56. The first-order valence-electron chi connectivity index (χ1n) is 5.30. The number of hydrogen-bond acceptors (Lipinski definition) is 2. The molecule has 0 aliphatic carbocycles. The number of rotatable bonds is 2. The second-order valence-electron chi connectivity index (χ2n) is 4.04. The van der Waals surface area contributed by atoms with Gasteiger partial charge in [0.05, 0.1) is 0 Å². The smallest absolute Gasteiger partial charge is 0.159 e. The fraction of sp³-hybridized carbons (Fsp3) is 0.143. The summed E-state index contributed by atoms with van der Waals surface area (Å²) < 4.78 is 13.4. The topological polar surface area (TPSA) is 30.0 Å². The Balaban J connectivity index is 2.56. The molecular formula is C14H12FNO. The second kappa shape index (κ2) is 4.45. The standard InChI is InChI=1S/C14H12FNO/c1-9-3-13(8-16-7-9)12-4-11(10(2)17)5-14(15)6-12/h3-8H,1-2H3. The van der Waals surface area contributed by atoms with Gasteiger partial charge in [-0.05, 0) is 49.2 Å². The molecule has 0 N–H and O–H groups in total. The lowest BCUT2D eigenvalue weighted by Crippen LogP contribution is -1.94. The maximum Gasteiger partial charge on any atom is 0.159 e. The number of carbonyl (C=O) groups is 1. The highest BCUT2D eigenvalue weighted by Gasteiger charge is 2.06. The molecule has 0 atom stereocenters. The second-order valence-corrected chi connectivity index (χ2v) is 4.04. The zero-order chi connectivity index (χ0) is 12.4. The van der Waals surface area contributed by atoms with Crippen LogP contribution in [0.2, 0.25) is 0 Å². The number of nitrogens with zero attached hydrogens (tertiary/aromatic N) is 1. The normalized spacial score (nSPS) is 10.3.